The summed E-state index contributed by atoms with van der Waals surface area (Å²) in [5.74, 6) is -4.19. The first-order chi connectivity index (χ1) is 19.5. The normalized spacial score (nSPS) is 11.1. The molecular formula is C28H21F3O10. The Kier molecular flexibility index (Phi) is 8.08. The molecule has 13 heteroatoms. The Morgan fingerprint density at radius 2 is 1.34 bits per heavy atom. The van der Waals surface area contributed by atoms with E-state index in [2.05, 4.69) is 4.74 Å². The van der Waals surface area contributed by atoms with E-state index >= 15 is 0 Å². The predicted octanol–water partition coefficient (Wildman–Crippen LogP) is 5.64. The van der Waals surface area contributed by atoms with Crippen molar-refractivity contribution < 1.29 is 55.6 Å². The topological polar surface area (TPSA) is 120 Å². The maximum atomic E-state index is 13.9. The molecule has 0 N–H and O–H groups in total. The molecule has 0 atom stereocenters. The largest absolute Gasteiger partial charge is 0.493 e. The highest BCUT2D eigenvalue weighted by molar-refractivity contribution is 5.93. The molecule has 1 aromatic heterocycles. The van der Waals surface area contributed by atoms with Crippen LogP contribution in [-0.4, -0.2) is 40.4 Å². The molecule has 10 nitrogen and oxygen atoms in total. The Morgan fingerprint density at radius 3 is 1.88 bits per heavy atom. The number of halogens is 3. The Labute approximate surface area is 229 Å². The number of rotatable bonds is 8. The van der Waals surface area contributed by atoms with Crippen molar-refractivity contribution in [1.82, 2.24) is 0 Å². The molecule has 0 amide bonds. The predicted molar refractivity (Wildman–Crippen MR) is 136 cm³/mol. The second-order valence-corrected chi connectivity index (χ2v) is 8.17. The van der Waals surface area contributed by atoms with Crippen LogP contribution in [0, 0.1) is 0 Å². The minimum atomic E-state index is -5.13. The highest BCUT2D eigenvalue weighted by Gasteiger charge is 2.40. The number of esters is 2. The molecule has 0 aliphatic heterocycles. The van der Waals surface area contributed by atoms with Crippen LogP contribution in [0.4, 0.5) is 13.2 Å². The lowest BCUT2D eigenvalue weighted by Gasteiger charge is -2.14. The van der Waals surface area contributed by atoms with Gasteiger partial charge in [0, 0.05) is 6.07 Å². The molecule has 0 saturated carbocycles. The second kappa shape index (κ2) is 11.5. The van der Waals surface area contributed by atoms with Gasteiger partial charge in [0.25, 0.3) is 5.76 Å². The van der Waals surface area contributed by atoms with Crippen LogP contribution in [0.1, 0.15) is 26.5 Å². The lowest BCUT2D eigenvalue weighted by atomic mass is 10.1. The molecule has 1 heterocycles. The molecule has 4 rings (SSSR count). The molecule has 0 aliphatic rings. The van der Waals surface area contributed by atoms with Crippen molar-refractivity contribution in [1.29, 1.82) is 0 Å². The van der Waals surface area contributed by atoms with Gasteiger partial charge in [0.15, 0.2) is 11.5 Å². The van der Waals surface area contributed by atoms with Gasteiger partial charge < -0.3 is 32.8 Å². The Hall–Kier alpha value is -5.20. The third-order valence-electron chi connectivity index (χ3n) is 5.69. The quantitative estimate of drug-likeness (QED) is 0.193. The molecule has 3 aromatic carbocycles. The van der Waals surface area contributed by atoms with Crippen LogP contribution in [0.25, 0.3) is 11.0 Å². The van der Waals surface area contributed by atoms with Crippen molar-refractivity contribution in [3.8, 4) is 34.5 Å². The summed E-state index contributed by atoms with van der Waals surface area (Å²) < 4.78 is 77.6. The third-order valence-corrected chi connectivity index (χ3v) is 5.69. The zero-order chi connectivity index (χ0) is 29.9. The molecule has 214 valence electrons. The van der Waals surface area contributed by atoms with E-state index in [-0.39, 0.29) is 45.3 Å². The van der Waals surface area contributed by atoms with Crippen molar-refractivity contribution in [2.24, 2.45) is 0 Å². The summed E-state index contributed by atoms with van der Waals surface area (Å²) in [5, 5.41) is -0.272. The fraction of sp³-hybridized carbons (Fsp3) is 0.179. The van der Waals surface area contributed by atoms with Gasteiger partial charge in [0.2, 0.25) is 16.9 Å². The summed E-state index contributed by atoms with van der Waals surface area (Å²) >= 11 is 0. The number of fused-ring (bicyclic) bond motifs is 1. The number of hydrogen-bond donors (Lipinski definition) is 0. The van der Waals surface area contributed by atoms with Gasteiger partial charge in [0.1, 0.15) is 17.1 Å². The first kappa shape index (κ1) is 28.8. The first-order valence-corrected chi connectivity index (χ1v) is 11.6. The Balaban J connectivity index is 1.70. The van der Waals surface area contributed by atoms with Crippen LogP contribution >= 0.6 is 0 Å². The maximum Gasteiger partial charge on any atom is 0.453 e. The van der Waals surface area contributed by atoms with Crippen molar-refractivity contribution in [3.05, 3.63) is 81.7 Å². The molecule has 0 bridgehead atoms. The Morgan fingerprint density at radius 1 is 0.732 bits per heavy atom. The average Bonchev–Trinajstić information content (AvgIpc) is 2.96. The number of benzene rings is 3. The van der Waals surface area contributed by atoms with Gasteiger partial charge in [-0.25, -0.2) is 9.59 Å². The Bertz CT molecular complexity index is 1650. The summed E-state index contributed by atoms with van der Waals surface area (Å²) in [7, 11) is 5.26. The summed E-state index contributed by atoms with van der Waals surface area (Å²) in [4.78, 5) is 37.5. The van der Waals surface area contributed by atoms with Crippen molar-refractivity contribution in [2.45, 2.75) is 6.18 Å². The highest BCUT2D eigenvalue weighted by atomic mass is 19.4. The van der Waals surface area contributed by atoms with Gasteiger partial charge in [0.05, 0.1) is 45.0 Å². The average molecular weight is 574 g/mol. The van der Waals surface area contributed by atoms with Gasteiger partial charge in [-0.05, 0) is 48.5 Å². The lowest BCUT2D eigenvalue weighted by molar-refractivity contribution is -0.154. The molecule has 0 unspecified atom stereocenters. The van der Waals surface area contributed by atoms with E-state index < -0.39 is 40.6 Å². The molecular weight excluding hydrogens is 553 g/mol. The standard InChI is InChI=1S/C28H21F3O10/c1-35-20-11-15(12-21(36-2)23(20)37-3)27(34)40-17-9-10-18-19(13-17)41-25(28(29,30)31)24(22(18)32)39-16-7-5-14(6-8-16)26(33)38-4/h5-13H,1-4H3. The van der Waals surface area contributed by atoms with Crippen molar-refractivity contribution >= 4 is 22.9 Å². The number of ether oxygens (including phenoxy) is 6. The van der Waals surface area contributed by atoms with E-state index in [4.69, 9.17) is 28.1 Å². The maximum absolute atomic E-state index is 13.9. The molecule has 4 aromatic rings. The number of hydrogen-bond acceptors (Lipinski definition) is 10. The fourth-order valence-electron chi connectivity index (χ4n) is 3.76. The number of carbonyl (C=O) groups excluding carboxylic acids is 2. The van der Waals surface area contributed by atoms with Crippen LogP contribution in [0.3, 0.4) is 0 Å². The van der Waals surface area contributed by atoms with E-state index in [0.29, 0.717) is 0 Å². The van der Waals surface area contributed by atoms with Crippen LogP contribution < -0.4 is 29.1 Å². The van der Waals surface area contributed by atoms with E-state index in [1.165, 1.54) is 70.9 Å². The van der Waals surface area contributed by atoms with Crippen molar-refractivity contribution in [2.75, 3.05) is 28.4 Å². The third kappa shape index (κ3) is 5.88. The molecule has 0 spiro atoms. The smallest absolute Gasteiger partial charge is 0.453 e. The second-order valence-electron chi connectivity index (χ2n) is 8.17. The van der Waals surface area contributed by atoms with Gasteiger partial charge in [-0.15, -0.1) is 0 Å². The zero-order valence-electron chi connectivity index (χ0n) is 21.9. The van der Waals surface area contributed by atoms with E-state index in [1.54, 1.807) is 0 Å². The highest BCUT2D eigenvalue weighted by Crippen LogP contribution is 2.40. The first-order valence-electron chi connectivity index (χ1n) is 11.6. The van der Waals surface area contributed by atoms with Gasteiger partial charge in [-0.2, -0.15) is 13.2 Å². The molecule has 0 fully saturated rings. The van der Waals surface area contributed by atoms with Crippen LogP contribution in [0.15, 0.2) is 63.8 Å². The van der Waals surface area contributed by atoms with E-state index in [0.717, 1.165) is 12.1 Å². The minimum absolute atomic E-state index is 0.0148. The molecule has 0 radical (unpaired) electrons. The fourth-order valence-corrected chi connectivity index (χ4v) is 3.76. The van der Waals surface area contributed by atoms with E-state index in [1.807, 2.05) is 0 Å². The molecule has 0 saturated heterocycles. The van der Waals surface area contributed by atoms with Crippen LogP contribution in [-0.2, 0) is 10.9 Å². The zero-order valence-corrected chi connectivity index (χ0v) is 21.9. The lowest BCUT2D eigenvalue weighted by Crippen LogP contribution is -2.16. The number of carbonyl (C=O) groups is 2. The minimum Gasteiger partial charge on any atom is -0.493 e. The van der Waals surface area contributed by atoms with E-state index in [9.17, 15) is 27.6 Å². The van der Waals surface area contributed by atoms with Crippen LogP contribution in [0.5, 0.6) is 34.5 Å². The van der Waals surface area contributed by atoms with Crippen LogP contribution in [0.2, 0.25) is 0 Å². The van der Waals surface area contributed by atoms with Gasteiger partial charge >= 0.3 is 18.1 Å². The molecule has 0 aliphatic carbocycles. The molecule has 41 heavy (non-hydrogen) atoms. The summed E-state index contributed by atoms with van der Waals surface area (Å²) in [6, 6.07) is 10.9. The van der Waals surface area contributed by atoms with Gasteiger partial charge in [-0.1, -0.05) is 0 Å². The number of alkyl halides is 3. The number of methoxy groups -OCH3 is 4. The van der Waals surface area contributed by atoms with Gasteiger partial charge in [-0.3, -0.25) is 4.79 Å². The monoisotopic (exact) mass is 574 g/mol. The summed E-state index contributed by atoms with van der Waals surface area (Å²) in [5.41, 5.74) is -1.53. The summed E-state index contributed by atoms with van der Waals surface area (Å²) in [6.45, 7) is 0. The van der Waals surface area contributed by atoms with Crippen molar-refractivity contribution in [3.63, 3.8) is 0 Å². The SMILES string of the molecule is COC(=O)c1ccc(Oc2c(C(F)(F)F)oc3cc(OC(=O)c4cc(OC)c(OC)c(OC)c4)ccc3c2=O)cc1. The summed E-state index contributed by atoms with van der Waals surface area (Å²) in [6.07, 6.45) is -5.13.